The van der Waals surface area contributed by atoms with E-state index < -0.39 is 21.1 Å². The standard InChI is InChI=1S/C16H16N2O6S/c19-15(11-1-6-16-12(9-11)7-8-24-16)10-17-25(22,23)14-4-2-13(3-5-14)18(20)21/h1-6,9,15,17,19H,7-8,10H2. The zero-order valence-electron chi connectivity index (χ0n) is 13.1. The quantitative estimate of drug-likeness (QED) is 0.593. The van der Waals surface area contributed by atoms with Crippen LogP contribution in [-0.4, -0.2) is 31.6 Å². The number of fused-ring (bicyclic) bond motifs is 1. The molecule has 0 aliphatic carbocycles. The summed E-state index contributed by atoms with van der Waals surface area (Å²) in [5, 5.41) is 20.8. The molecule has 9 heteroatoms. The van der Waals surface area contributed by atoms with Gasteiger partial charge in [-0.1, -0.05) is 6.07 Å². The van der Waals surface area contributed by atoms with E-state index >= 15 is 0 Å². The van der Waals surface area contributed by atoms with Crippen LogP contribution in [0.4, 0.5) is 5.69 Å². The van der Waals surface area contributed by atoms with Crippen LogP contribution in [0.1, 0.15) is 17.2 Å². The number of nitrogens with zero attached hydrogens (tertiary/aromatic N) is 1. The number of aliphatic hydroxyl groups excluding tert-OH is 1. The Labute approximate surface area is 144 Å². The smallest absolute Gasteiger partial charge is 0.269 e. The molecule has 0 amide bonds. The second-order valence-electron chi connectivity index (χ2n) is 5.58. The molecule has 1 heterocycles. The maximum Gasteiger partial charge on any atom is 0.269 e. The SMILES string of the molecule is O=[N+]([O-])c1ccc(S(=O)(=O)NCC(O)c2ccc3c(c2)CCO3)cc1. The minimum atomic E-state index is -3.87. The van der Waals surface area contributed by atoms with Gasteiger partial charge in [0.2, 0.25) is 10.0 Å². The summed E-state index contributed by atoms with van der Waals surface area (Å²) in [4.78, 5) is 9.90. The number of hydrogen-bond acceptors (Lipinski definition) is 6. The molecule has 1 aliphatic rings. The Morgan fingerprint density at radius 2 is 1.96 bits per heavy atom. The topological polar surface area (TPSA) is 119 Å². The van der Waals surface area contributed by atoms with Gasteiger partial charge in [-0.25, -0.2) is 13.1 Å². The van der Waals surface area contributed by atoms with Crippen molar-refractivity contribution < 1.29 is 23.2 Å². The van der Waals surface area contributed by atoms with Gasteiger partial charge in [0.1, 0.15) is 5.75 Å². The van der Waals surface area contributed by atoms with Crippen molar-refractivity contribution in [3.05, 3.63) is 63.7 Å². The van der Waals surface area contributed by atoms with Gasteiger partial charge in [-0.3, -0.25) is 10.1 Å². The van der Waals surface area contributed by atoms with Gasteiger partial charge in [0.15, 0.2) is 0 Å². The Balaban J connectivity index is 1.68. The molecule has 1 atom stereocenters. The number of hydrogen-bond donors (Lipinski definition) is 2. The second-order valence-corrected chi connectivity index (χ2v) is 7.35. The minimum Gasteiger partial charge on any atom is -0.493 e. The highest BCUT2D eigenvalue weighted by atomic mass is 32.2. The molecule has 0 fully saturated rings. The Morgan fingerprint density at radius 1 is 1.24 bits per heavy atom. The van der Waals surface area contributed by atoms with E-state index in [0.717, 1.165) is 42.0 Å². The average Bonchev–Trinajstić information content (AvgIpc) is 3.07. The highest BCUT2D eigenvalue weighted by Gasteiger charge is 2.19. The first-order chi connectivity index (χ1) is 11.9. The van der Waals surface area contributed by atoms with E-state index in [-0.39, 0.29) is 17.1 Å². The van der Waals surface area contributed by atoms with Crippen LogP contribution in [0.5, 0.6) is 5.75 Å². The molecule has 3 rings (SSSR count). The van der Waals surface area contributed by atoms with E-state index in [9.17, 15) is 23.6 Å². The molecule has 1 unspecified atom stereocenters. The second kappa shape index (κ2) is 6.79. The number of nitro groups is 1. The fourth-order valence-corrected chi connectivity index (χ4v) is 3.59. The molecule has 0 bridgehead atoms. The molecular formula is C16H16N2O6S. The molecule has 132 valence electrons. The molecule has 0 aromatic heterocycles. The Morgan fingerprint density at radius 3 is 2.64 bits per heavy atom. The predicted molar refractivity (Wildman–Crippen MR) is 88.9 cm³/mol. The maximum absolute atomic E-state index is 12.2. The van der Waals surface area contributed by atoms with Gasteiger partial charge in [-0.2, -0.15) is 0 Å². The third-order valence-corrected chi connectivity index (χ3v) is 5.36. The number of benzene rings is 2. The van der Waals surface area contributed by atoms with Crippen LogP contribution in [0.25, 0.3) is 0 Å². The monoisotopic (exact) mass is 364 g/mol. The Hall–Kier alpha value is -2.49. The van der Waals surface area contributed by atoms with Crippen LogP contribution in [0.2, 0.25) is 0 Å². The zero-order chi connectivity index (χ0) is 18.0. The van der Waals surface area contributed by atoms with Crippen LogP contribution in [-0.2, 0) is 16.4 Å². The highest BCUT2D eigenvalue weighted by molar-refractivity contribution is 7.89. The van der Waals surface area contributed by atoms with E-state index in [0.29, 0.717) is 12.2 Å². The molecule has 0 radical (unpaired) electrons. The largest absolute Gasteiger partial charge is 0.493 e. The van der Waals surface area contributed by atoms with Crippen LogP contribution >= 0.6 is 0 Å². The first-order valence-electron chi connectivity index (χ1n) is 7.54. The van der Waals surface area contributed by atoms with Crippen molar-refractivity contribution in [2.24, 2.45) is 0 Å². The van der Waals surface area contributed by atoms with Crippen LogP contribution in [0.15, 0.2) is 47.4 Å². The molecule has 2 N–H and O–H groups in total. The van der Waals surface area contributed by atoms with Crippen molar-refractivity contribution >= 4 is 15.7 Å². The number of sulfonamides is 1. The maximum atomic E-state index is 12.2. The van der Waals surface area contributed by atoms with E-state index in [1.807, 2.05) is 0 Å². The molecular weight excluding hydrogens is 348 g/mol. The average molecular weight is 364 g/mol. The summed E-state index contributed by atoms with van der Waals surface area (Å²) in [5.74, 6) is 0.780. The van der Waals surface area contributed by atoms with Crippen LogP contribution < -0.4 is 9.46 Å². The lowest BCUT2D eigenvalue weighted by atomic mass is 10.0. The molecule has 2 aromatic carbocycles. The van der Waals surface area contributed by atoms with Crippen molar-refractivity contribution in [3.8, 4) is 5.75 Å². The normalized spacial score (nSPS) is 14.6. The third kappa shape index (κ3) is 3.78. The molecule has 1 aliphatic heterocycles. The summed E-state index contributed by atoms with van der Waals surface area (Å²) >= 11 is 0. The molecule has 8 nitrogen and oxygen atoms in total. The van der Waals surface area contributed by atoms with Gasteiger partial charge in [0.05, 0.1) is 22.5 Å². The van der Waals surface area contributed by atoms with Crippen LogP contribution in [0, 0.1) is 10.1 Å². The molecule has 0 saturated carbocycles. The summed E-state index contributed by atoms with van der Waals surface area (Å²) in [7, 11) is -3.87. The fraction of sp³-hybridized carbons (Fsp3) is 0.250. The van der Waals surface area contributed by atoms with E-state index in [1.54, 1.807) is 18.2 Å². The number of nitrogens with one attached hydrogen (secondary N) is 1. The van der Waals surface area contributed by atoms with Gasteiger partial charge in [-0.05, 0) is 35.4 Å². The lowest BCUT2D eigenvalue weighted by Crippen LogP contribution is -2.28. The van der Waals surface area contributed by atoms with Crippen molar-refractivity contribution in [1.82, 2.24) is 4.72 Å². The van der Waals surface area contributed by atoms with E-state index in [4.69, 9.17) is 4.74 Å². The van der Waals surface area contributed by atoms with Gasteiger partial charge in [0.25, 0.3) is 5.69 Å². The summed E-state index contributed by atoms with van der Waals surface area (Å²) in [5.41, 5.74) is 1.38. The summed E-state index contributed by atoms with van der Waals surface area (Å²) < 4.78 is 32.2. The van der Waals surface area contributed by atoms with Crippen molar-refractivity contribution in [2.45, 2.75) is 17.4 Å². The molecule has 25 heavy (non-hydrogen) atoms. The third-order valence-electron chi connectivity index (χ3n) is 3.92. The Kier molecular flexibility index (Phi) is 4.71. The van der Waals surface area contributed by atoms with Crippen molar-refractivity contribution in [1.29, 1.82) is 0 Å². The van der Waals surface area contributed by atoms with Crippen molar-refractivity contribution in [3.63, 3.8) is 0 Å². The fourth-order valence-electron chi connectivity index (χ4n) is 2.55. The first kappa shape index (κ1) is 17.3. The van der Waals surface area contributed by atoms with E-state index in [2.05, 4.69) is 4.72 Å². The number of rotatable bonds is 6. The summed E-state index contributed by atoms with van der Waals surface area (Å²) in [6, 6.07) is 9.78. The number of non-ortho nitro benzene ring substituents is 1. The minimum absolute atomic E-state index is 0.104. The zero-order valence-corrected chi connectivity index (χ0v) is 13.9. The first-order valence-corrected chi connectivity index (χ1v) is 9.03. The van der Waals surface area contributed by atoms with Crippen molar-refractivity contribution in [2.75, 3.05) is 13.2 Å². The van der Waals surface area contributed by atoms with Gasteiger partial charge < -0.3 is 9.84 Å². The lowest BCUT2D eigenvalue weighted by molar-refractivity contribution is -0.384. The summed E-state index contributed by atoms with van der Waals surface area (Å²) in [6.07, 6.45) is -0.261. The van der Waals surface area contributed by atoms with E-state index in [1.165, 1.54) is 0 Å². The molecule has 0 saturated heterocycles. The van der Waals surface area contributed by atoms with Gasteiger partial charge in [-0.15, -0.1) is 0 Å². The molecule has 2 aromatic rings. The molecule has 0 spiro atoms. The Bertz CT molecular complexity index is 895. The number of aliphatic hydroxyl groups is 1. The van der Waals surface area contributed by atoms with Crippen LogP contribution in [0.3, 0.4) is 0 Å². The highest BCUT2D eigenvalue weighted by Crippen LogP contribution is 2.28. The predicted octanol–water partition coefficient (Wildman–Crippen LogP) is 1.54. The van der Waals surface area contributed by atoms with Gasteiger partial charge in [0, 0.05) is 25.1 Å². The summed E-state index contributed by atoms with van der Waals surface area (Å²) in [6.45, 7) is 0.390. The lowest BCUT2D eigenvalue weighted by Gasteiger charge is -2.13. The number of nitro benzene ring substituents is 1. The number of ether oxygens (including phenoxy) is 1. The van der Waals surface area contributed by atoms with Gasteiger partial charge >= 0.3 is 0 Å².